The molecule has 106 valence electrons. The van der Waals surface area contributed by atoms with Gasteiger partial charge in [-0.25, -0.2) is 0 Å². The van der Waals surface area contributed by atoms with Crippen molar-refractivity contribution in [3.05, 3.63) is 35.9 Å². The lowest BCUT2D eigenvalue weighted by Crippen LogP contribution is -2.44. The highest BCUT2D eigenvalue weighted by atomic mass is 16.2. The molecule has 0 radical (unpaired) electrons. The highest BCUT2D eigenvalue weighted by molar-refractivity contribution is 5.78. The number of carbonyl (C=O) groups is 1. The van der Waals surface area contributed by atoms with Crippen molar-refractivity contribution in [1.82, 2.24) is 10.2 Å². The number of aliphatic imine (C=N–C) groups is 1. The van der Waals surface area contributed by atoms with E-state index in [0.717, 1.165) is 38.0 Å². The van der Waals surface area contributed by atoms with E-state index in [1.807, 2.05) is 41.6 Å². The van der Waals surface area contributed by atoms with Crippen LogP contribution in [-0.4, -0.2) is 42.8 Å². The SMILES string of the molecule is O=C(Cc1ccccc1)N1CCC(C2CN=CN2)CC1. The summed E-state index contributed by atoms with van der Waals surface area (Å²) in [5.74, 6) is 0.906. The second-order valence-electron chi connectivity index (χ2n) is 5.65. The summed E-state index contributed by atoms with van der Waals surface area (Å²) in [6.07, 6.45) is 4.51. The molecule has 0 saturated carbocycles. The molecule has 0 bridgehead atoms. The van der Waals surface area contributed by atoms with Crippen LogP contribution in [0.4, 0.5) is 0 Å². The van der Waals surface area contributed by atoms with Crippen molar-refractivity contribution in [3.8, 4) is 0 Å². The minimum absolute atomic E-state index is 0.255. The minimum atomic E-state index is 0.255. The van der Waals surface area contributed by atoms with Crippen LogP contribution >= 0.6 is 0 Å². The van der Waals surface area contributed by atoms with Gasteiger partial charge in [0.15, 0.2) is 0 Å². The Hall–Kier alpha value is -1.84. The fourth-order valence-electron chi connectivity index (χ4n) is 3.09. The van der Waals surface area contributed by atoms with E-state index >= 15 is 0 Å². The zero-order valence-electron chi connectivity index (χ0n) is 11.7. The van der Waals surface area contributed by atoms with Crippen LogP contribution in [0.15, 0.2) is 35.3 Å². The number of rotatable bonds is 3. The smallest absolute Gasteiger partial charge is 0.226 e. The second kappa shape index (κ2) is 6.07. The third kappa shape index (κ3) is 3.00. The van der Waals surface area contributed by atoms with Crippen LogP contribution in [0, 0.1) is 5.92 Å². The Morgan fingerprint density at radius 2 is 2.00 bits per heavy atom. The summed E-state index contributed by atoms with van der Waals surface area (Å²) in [5, 5.41) is 3.32. The third-order valence-electron chi connectivity index (χ3n) is 4.34. The molecule has 1 atom stereocenters. The van der Waals surface area contributed by atoms with Crippen molar-refractivity contribution in [1.29, 1.82) is 0 Å². The van der Waals surface area contributed by atoms with Crippen LogP contribution in [0.5, 0.6) is 0 Å². The number of nitrogens with one attached hydrogen (secondary N) is 1. The lowest BCUT2D eigenvalue weighted by atomic mass is 9.89. The number of hydrogen-bond acceptors (Lipinski definition) is 3. The Balaban J connectivity index is 1.49. The number of benzene rings is 1. The van der Waals surface area contributed by atoms with Gasteiger partial charge in [0.1, 0.15) is 0 Å². The number of likely N-dealkylation sites (tertiary alicyclic amines) is 1. The summed E-state index contributed by atoms with van der Waals surface area (Å²) in [6.45, 7) is 2.66. The topological polar surface area (TPSA) is 44.7 Å². The van der Waals surface area contributed by atoms with Crippen molar-refractivity contribution in [2.24, 2.45) is 10.9 Å². The number of amides is 1. The maximum atomic E-state index is 12.3. The normalized spacial score (nSPS) is 22.8. The predicted molar refractivity (Wildman–Crippen MR) is 79.7 cm³/mol. The van der Waals surface area contributed by atoms with Crippen molar-refractivity contribution < 1.29 is 4.79 Å². The number of hydrogen-bond donors (Lipinski definition) is 1. The van der Waals surface area contributed by atoms with Crippen LogP contribution in [0.2, 0.25) is 0 Å². The molecule has 0 aromatic heterocycles. The average molecular weight is 271 g/mol. The predicted octanol–water partition coefficient (Wildman–Crippen LogP) is 1.47. The lowest BCUT2D eigenvalue weighted by Gasteiger charge is -2.34. The fraction of sp³-hybridized carbons (Fsp3) is 0.500. The van der Waals surface area contributed by atoms with Gasteiger partial charge in [0.2, 0.25) is 5.91 Å². The average Bonchev–Trinajstić information content (AvgIpc) is 3.03. The van der Waals surface area contributed by atoms with Gasteiger partial charge in [0.05, 0.1) is 19.3 Å². The van der Waals surface area contributed by atoms with Crippen LogP contribution in [0.25, 0.3) is 0 Å². The summed E-state index contributed by atoms with van der Waals surface area (Å²) in [5.41, 5.74) is 1.10. The lowest BCUT2D eigenvalue weighted by molar-refractivity contribution is -0.131. The van der Waals surface area contributed by atoms with E-state index in [4.69, 9.17) is 0 Å². The first-order valence-corrected chi connectivity index (χ1v) is 7.39. The molecule has 4 heteroatoms. The Bertz CT molecular complexity index is 470. The van der Waals surface area contributed by atoms with Crippen molar-refractivity contribution in [3.63, 3.8) is 0 Å². The van der Waals surface area contributed by atoms with E-state index in [1.165, 1.54) is 0 Å². The van der Waals surface area contributed by atoms with E-state index in [0.29, 0.717) is 18.4 Å². The number of nitrogens with zero attached hydrogens (tertiary/aromatic N) is 2. The zero-order chi connectivity index (χ0) is 13.8. The van der Waals surface area contributed by atoms with Crippen LogP contribution in [0.1, 0.15) is 18.4 Å². The van der Waals surface area contributed by atoms with Gasteiger partial charge >= 0.3 is 0 Å². The Kier molecular flexibility index (Phi) is 4.00. The third-order valence-corrected chi connectivity index (χ3v) is 4.34. The van der Waals surface area contributed by atoms with Gasteiger partial charge in [0.25, 0.3) is 0 Å². The van der Waals surface area contributed by atoms with E-state index in [-0.39, 0.29) is 5.91 Å². The van der Waals surface area contributed by atoms with E-state index in [2.05, 4.69) is 10.3 Å². The molecule has 4 nitrogen and oxygen atoms in total. The molecule has 1 aromatic carbocycles. The maximum absolute atomic E-state index is 12.3. The van der Waals surface area contributed by atoms with Crippen molar-refractivity contribution >= 4 is 12.2 Å². The molecule has 1 saturated heterocycles. The summed E-state index contributed by atoms with van der Waals surface area (Å²) in [7, 11) is 0. The molecule has 1 amide bonds. The summed E-state index contributed by atoms with van der Waals surface area (Å²) < 4.78 is 0. The first-order chi connectivity index (χ1) is 9.83. The Morgan fingerprint density at radius 3 is 2.65 bits per heavy atom. The Labute approximate surface area is 119 Å². The molecular weight excluding hydrogens is 250 g/mol. The molecule has 20 heavy (non-hydrogen) atoms. The second-order valence-corrected chi connectivity index (χ2v) is 5.65. The summed E-state index contributed by atoms with van der Waals surface area (Å²) in [6, 6.07) is 10.5. The van der Waals surface area contributed by atoms with Gasteiger partial charge in [-0.1, -0.05) is 30.3 Å². The molecule has 1 aromatic rings. The van der Waals surface area contributed by atoms with Gasteiger partial charge < -0.3 is 10.2 Å². The van der Waals surface area contributed by atoms with E-state index in [1.54, 1.807) is 0 Å². The van der Waals surface area contributed by atoms with Crippen LogP contribution in [-0.2, 0) is 11.2 Å². The molecule has 2 aliphatic heterocycles. The standard InChI is InChI=1S/C16H21N3O/c20-16(10-13-4-2-1-3-5-13)19-8-6-14(7-9-19)15-11-17-12-18-15/h1-5,12,14-15H,6-11H2,(H,17,18). The molecule has 2 aliphatic rings. The van der Waals surface area contributed by atoms with Gasteiger partial charge in [0, 0.05) is 19.1 Å². The summed E-state index contributed by atoms with van der Waals surface area (Å²) >= 11 is 0. The zero-order valence-corrected chi connectivity index (χ0v) is 11.7. The van der Waals surface area contributed by atoms with Gasteiger partial charge in [-0.2, -0.15) is 0 Å². The van der Waals surface area contributed by atoms with Crippen LogP contribution in [0.3, 0.4) is 0 Å². The first-order valence-electron chi connectivity index (χ1n) is 7.39. The van der Waals surface area contributed by atoms with Gasteiger partial charge in [-0.05, 0) is 24.3 Å². The molecule has 1 unspecified atom stereocenters. The molecule has 0 aliphatic carbocycles. The first kappa shape index (κ1) is 13.2. The molecule has 1 fully saturated rings. The van der Waals surface area contributed by atoms with Crippen LogP contribution < -0.4 is 5.32 Å². The van der Waals surface area contributed by atoms with E-state index in [9.17, 15) is 4.79 Å². The summed E-state index contributed by atoms with van der Waals surface area (Å²) in [4.78, 5) is 18.5. The van der Waals surface area contributed by atoms with Gasteiger partial charge in [-0.3, -0.25) is 9.79 Å². The highest BCUT2D eigenvalue weighted by Gasteiger charge is 2.28. The maximum Gasteiger partial charge on any atom is 0.226 e. The highest BCUT2D eigenvalue weighted by Crippen LogP contribution is 2.22. The number of piperidine rings is 1. The fourth-order valence-corrected chi connectivity index (χ4v) is 3.09. The Morgan fingerprint density at radius 1 is 1.25 bits per heavy atom. The molecule has 1 N–H and O–H groups in total. The molecule has 3 rings (SSSR count). The van der Waals surface area contributed by atoms with Crippen molar-refractivity contribution in [2.75, 3.05) is 19.6 Å². The minimum Gasteiger partial charge on any atom is -0.372 e. The number of carbonyl (C=O) groups excluding carboxylic acids is 1. The molecular formula is C16H21N3O. The van der Waals surface area contributed by atoms with Crippen molar-refractivity contribution in [2.45, 2.75) is 25.3 Å². The quantitative estimate of drug-likeness (QED) is 0.905. The molecule has 2 heterocycles. The van der Waals surface area contributed by atoms with Gasteiger partial charge in [-0.15, -0.1) is 0 Å². The molecule has 0 spiro atoms. The largest absolute Gasteiger partial charge is 0.372 e. The monoisotopic (exact) mass is 271 g/mol. The van der Waals surface area contributed by atoms with E-state index < -0.39 is 0 Å².